The van der Waals surface area contributed by atoms with Gasteiger partial charge in [-0.1, -0.05) is 36.4 Å². The fraction of sp³-hybridized carbons (Fsp3) is 0.400. The zero-order chi connectivity index (χ0) is 13.0. The maximum absolute atomic E-state index is 12.4. The van der Waals surface area contributed by atoms with Gasteiger partial charge >= 0.3 is 0 Å². The Hall–Kier alpha value is -1.32. The quantitative estimate of drug-likeness (QED) is 0.814. The predicted octanol–water partition coefficient (Wildman–Crippen LogP) is 2.53. The van der Waals surface area contributed by atoms with Crippen LogP contribution in [0.3, 0.4) is 0 Å². The molecule has 1 unspecified atom stereocenters. The standard InChI is InChI=1S/C15H20N2O.ClH/c1-2-10-17(11-12-8-9-12)15(18)14(16)13-6-4-3-5-7-13;/h2-7,12,14H,1,8-11,16H2;1H. The van der Waals surface area contributed by atoms with Gasteiger partial charge in [-0.25, -0.2) is 0 Å². The summed E-state index contributed by atoms with van der Waals surface area (Å²) >= 11 is 0. The fourth-order valence-electron chi connectivity index (χ4n) is 2.02. The number of benzene rings is 1. The molecule has 0 aliphatic heterocycles. The number of rotatable bonds is 6. The Morgan fingerprint density at radius 3 is 2.58 bits per heavy atom. The molecule has 1 aromatic rings. The van der Waals surface area contributed by atoms with Crippen LogP contribution in [0, 0.1) is 5.92 Å². The average Bonchev–Trinajstić information content (AvgIpc) is 3.21. The monoisotopic (exact) mass is 280 g/mol. The Kier molecular flexibility index (Phi) is 6.06. The molecule has 104 valence electrons. The summed E-state index contributed by atoms with van der Waals surface area (Å²) in [5, 5.41) is 0. The Balaban J connectivity index is 0.00000180. The molecule has 1 amide bonds. The van der Waals surface area contributed by atoms with E-state index in [1.165, 1.54) is 12.8 Å². The first-order chi connectivity index (χ1) is 8.72. The lowest BCUT2D eigenvalue weighted by atomic mass is 10.1. The molecule has 1 aliphatic carbocycles. The fourth-order valence-corrected chi connectivity index (χ4v) is 2.02. The summed E-state index contributed by atoms with van der Waals surface area (Å²) in [7, 11) is 0. The van der Waals surface area contributed by atoms with Gasteiger partial charge in [0.1, 0.15) is 6.04 Å². The van der Waals surface area contributed by atoms with Crippen molar-refractivity contribution in [2.75, 3.05) is 13.1 Å². The molecule has 0 bridgehead atoms. The molecule has 3 nitrogen and oxygen atoms in total. The molecular formula is C15H21ClN2O. The molecule has 0 saturated heterocycles. The highest BCUT2D eigenvalue weighted by Gasteiger charge is 2.28. The van der Waals surface area contributed by atoms with Gasteiger partial charge in [0.15, 0.2) is 0 Å². The molecule has 1 aromatic carbocycles. The van der Waals surface area contributed by atoms with Gasteiger partial charge < -0.3 is 10.6 Å². The molecule has 19 heavy (non-hydrogen) atoms. The number of amides is 1. The summed E-state index contributed by atoms with van der Waals surface area (Å²) in [5.41, 5.74) is 6.91. The summed E-state index contributed by atoms with van der Waals surface area (Å²) in [5.74, 6) is 0.657. The summed E-state index contributed by atoms with van der Waals surface area (Å²) in [6, 6.07) is 8.96. The van der Waals surface area contributed by atoms with E-state index < -0.39 is 6.04 Å². The number of hydrogen-bond acceptors (Lipinski definition) is 2. The van der Waals surface area contributed by atoms with Crippen LogP contribution in [0.4, 0.5) is 0 Å². The van der Waals surface area contributed by atoms with E-state index in [9.17, 15) is 4.79 Å². The molecule has 1 fully saturated rings. The average molecular weight is 281 g/mol. The van der Waals surface area contributed by atoms with Crippen LogP contribution >= 0.6 is 12.4 Å². The highest BCUT2D eigenvalue weighted by Crippen LogP contribution is 2.30. The van der Waals surface area contributed by atoms with Crippen LogP contribution in [0.25, 0.3) is 0 Å². The predicted molar refractivity (Wildman–Crippen MR) is 80.1 cm³/mol. The number of carbonyl (C=O) groups excluding carboxylic acids is 1. The lowest BCUT2D eigenvalue weighted by Gasteiger charge is -2.24. The van der Waals surface area contributed by atoms with E-state index in [1.807, 2.05) is 35.2 Å². The second-order valence-electron chi connectivity index (χ2n) is 4.86. The van der Waals surface area contributed by atoms with Gasteiger partial charge in [-0.3, -0.25) is 4.79 Å². The Morgan fingerprint density at radius 2 is 2.05 bits per heavy atom. The van der Waals surface area contributed by atoms with Crippen molar-refractivity contribution in [1.82, 2.24) is 4.90 Å². The number of nitrogens with two attached hydrogens (primary N) is 1. The third kappa shape index (κ3) is 4.37. The molecule has 0 aromatic heterocycles. The van der Waals surface area contributed by atoms with E-state index in [4.69, 9.17) is 5.73 Å². The van der Waals surface area contributed by atoms with Crippen molar-refractivity contribution in [3.05, 3.63) is 48.6 Å². The van der Waals surface area contributed by atoms with Gasteiger partial charge in [0.25, 0.3) is 0 Å². The maximum Gasteiger partial charge on any atom is 0.244 e. The smallest absolute Gasteiger partial charge is 0.244 e. The maximum atomic E-state index is 12.4. The summed E-state index contributed by atoms with van der Waals surface area (Å²) in [6.45, 7) is 5.10. The Labute approximate surface area is 120 Å². The SMILES string of the molecule is C=CCN(CC1CC1)C(=O)C(N)c1ccccc1.Cl. The molecule has 0 spiro atoms. The van der Waals surface area contributed by atoms with Gasteiger partial charge in [0, 0.05) is 13.1 Å². The second kappa shape index (κ2) is 7.31. The first-order valence-corrected chi connectivity index (χ1v) is 6.42. The number of hydrogen-bond donors (Lipinski definition) is 1. The highest BCUT2D eigenvalue weighted by atomic mass is 35.5. The molecule has 1 atom stereocenters. The van der Waals surface area contributed by atoms with Crippen molar-refractivity contribution in [1.29, 1.82) is 0 Å². The van der Waals surface area contributed by atoms with E-state index >= 15 is 0 Å². The van der Waals surface area contributed by atoms with Crippen LogP contribution in [0.15, 0.2) is 43.0 Å². The lowest BCUT2D eigenvalue weighted by molar-refractivity contribution is -0.132. The van der Waals surface area contributed by atoms with Crippen molar-refractivity contribution in [3.63, 3.8) is 0 Å². The van der Waals surface area contributed by atoms with Crippen LogP contribution in [0.2, 0.25) is 0 Å². The van der Waals surface area contributed by atoms with Crippen LogP contribution in [-0.4, -0.2) is 23.9 Å². The van der Waals surface area contributed by atoms with E-state index in [2.05, 4.69) is 6.58 Å². The van der Waals surface area contributed by atoms with E-state index in [0.29, 0.717) is 12.5 Å². The van der Waals surface area contributed by atoms with Gasteiger partial charge in [-0.2, -0.15) is 0 Å². The molecule has 2 N–H and O–H groups in total. The lowest BCUT2D eigenvalue weighted by Crippen LogP contribution is -2.39. The van der Waals surface area contributed by atoms with E-state index in [0.717, 1.165) is 12.1 Å². The zero-order valence-electron chi connectivity index (χ0n) is 11.0. The minimum Gasteiger partial charge on any atom is -0.337 e. The van der Waals surface area contributed by atoms with Crippen LogP contribution in [0.1, 0.15) is 24.4 Å². The first kappa shape index (κ1) is 15.7. The molecular weight excluding hydrogens is 260 g/mol. The summed E-state index contributed by atoms with van der Waals surface area (Å²) in [6.07, 6.45) is 4.21. The largest absolute Gasteiger partial charge is 0.337 e. The van der Waals surface area contributed by atoms with Crippen LogP contribution < -0.4 is 5.73 Å². The third-order valence-electron chi connectivity index (χ3n) is 3.26. The Morgan fingerprint density at radius 1 is 1.42 bits per heavy atom. The molecule has 2 rings (SSSR count). The number of carbonyl (C=O) groups is 1. The minimum atomic E-state index is -0.565. The van der Waals surface area contributed by atoms with Crippen molar-refractivity contribution < 1.29 is 4.79 Å². The summed E-state index contributed by atoms with van der Waals surface area (Å²) < 4.78 is 0. The summed E-state index contributed by atoms with van der Waals surface area (Å²) in [4.78, 5) is 14.2. The van der Waals surface area contributed by atoms with Crippen molar-refractivity contribution in [2.45, 2.75) is 18.9 Å². The second-order valence-corrected chi connectivity index (χ2v) is 4.86. The number of nitrogens with zero attached hydrogens (tertiary/aromatic N) is 1. The number of halogens is 1. The molecule has 0 radical (unpaired) electrons. The van der Waals surface area contributed by atoms with Crippen LogP contribution in [0.5, 0.6) is 0 Å². The molecule has 1 aliphatic rings. The van der Waals surface area contributed by atoms with E-state index in [-0.39, 0.29) is 18.3 Å². The molecule has 0 heterocycles. The Bertz CT molecular complexity index is 417. The molecule has 1 saturated carbocycles. The van der Waals surface area contributed by atoms with Crippen molar-refractivity contribution in [2.24, 2.45) is 11.7 Å². The molecule has 4 heteroatoms. The highest BCUT2D eigenvalue weighted by molar-refractivity contribution is 5.85. The van der Waals surface area contributed by atoms with Gasteiger partial charge in [-0.05, 0) is 24.3 Å². The van der Waals surface area contributed by atoms with E-state index in [1.54, 1.807) is 6.08 Å². The third-order valence-corrected chi connectivity index (χ3v) is 3.26. The van der Waals surface area contributed by atoms with Gasteiger partial charge in [0.2, 0.25) is 5.91 Å². The zero-order valence-corrected chi connectivity index (χ0v) is 11.8. The normalized spacial score (nSPS) is 15.2. The van der Waals surface area contributed by atoms with Gasteiger partial charge in [-0.15, -0.1) is 19.0 Å². The van der Waals surface area contributed by atoms with Gasteiger partial charge in [0.05, 0.1) is 0 Å². The van der Waals surface area contributed by atoms with Crippen LogP contribution in [-0.2, 0) is 4.79 Å². The minimum absolute atomic E-state index is 0. The van der Waals surface area contributed by atoms with Crippen molar-refractivity contribution in [3.8, 4) is 0 Å². The topological polar surface area (TPSA) is 46.3 Å². The van der Waals surface area contributed by atoms with Crippen molar-refractivity contribution >= 4 is 18.3 Å². The first-order valence-electron chi connectivity index (χ1n) is 6.42.